The van der Waals surface area contributed by atoms with Crippen molar-refractivity contribution in [3.05, 3.63) is 12.7 Å². The lowest BCUT2D eigenvalue weighted by Crippen LogP contribution is -2.73. The number of carboxylic acids is 2. The van der Waals surface area contributed by atoms with Gasteiger partial charge in [0, 0.05) is 6.42 Å². The van der Waals surface area contributed by atoms with Crippen molar-refractivity contribution in [2.24, 2.45) is 0 Å². The minimum atomic E-state index is -3.07. The average Bonchev–Trinajstić information content (AvgIpc) is 2.82. The lowest BCUT2D eigenvalue weighted by atomic mass is 9.88. The van der Waals surface area contributed by atoms with Crippen LogP contribution in [0.25, 0.3) is 0 Å². The highest BCUT2D eigenvalue weighted by atomic mass is 16.8. The molecule has 11 atom stereocenters. The van der Waals surface area contributed by atoms with Crippen molar-refractivity contribution in [3.8, 4) is 0 Å². The maximum Gasteiger partial charge on any atom is 0.367 e. The van der Waals surface area contributed by atoms with Crippen LogP contribution in [-0.2, 0) is 28.5 Å². The normalized spacial score (nSPS) is 41.7. The van der Waals surface area contributed by atoms with Gasteiger partial charge in [-0.1, -0.05) is 6.08 Å². The van der Waals surface area contributed by atoms with E-state index in [1.807, 2.05) is 0 Å². The van der Waals surface area contributed by atoms with Gasteiger partial charge in [0.1, 0.15) is 48.8 Å². The second-order valence-corrected chi connectivity index (χ2v) is 8.08. The molecule has 2 fully saturated rings. The molecule has 2 aliphatic heterocycles. The Bertz CT molecular complexity index is 763. The second-order valence-electron chi connectivity index (χ2n) is 8.08. The number of hydrogen-bond acceptors (Lipinski definition) is 14. The van der Waals surface area contributed by atoms with E-state index in [4.69, 9.17) is 18.9 Å². The van der Waals surface area contributed by atoms with Crippen molar-refractivity contribution in [1.82, 2.24) is 0 Å². The molecule has 0 radical (unpaired) electrons. The van der Waals surface area contributed by atoms with Crippen molar-refractivity contribution in [1.29, 1.82) is 0 Å². The number of carbonyl (C=O) groups is 2. The van der Waals surface area contributed by atoms with Gasteiger partial charge in [0.15, 0.2) is 0 Å². The number of hydrogen-bond donors (Lipinski definition) is 10. The molecule has 0 aromatic heterocycles. The van der Waals surface area contributed by atoms with E-state index in [9.17, 15) is 60.7 Å². The van der Waals surface area contributed by atoms with Crippen LogP contribution in [0.1, 0.15) is 6.42 Å². The van der Waals surface area contributed by atoms with Gasteiger partial charge in [-0.25, -0.2) is 9.59 Å². The Labute approximate surface area is 197 Å². The summed E-state index contributed by atoms with van der Waals surface area (Å²) in [4.78, 5) is 24.3. The molecule has 10 N–H and O–H groups in total. The Kier molecular flexibility index (Phi) is 9.67. The summed E-state index contributed by atoms with van der Waals surface area (Å²) in [6, 6.07) is 0. The van der Waals surface area contributed by atoms with Gasteiger partial charge in [-0.15, -0.1) is 6.58 Å². The van der Waals surface area contributed by atoms with Crippen LogP contribution in [-0.4, -0.2) is 149 Å². The standard InChI is InChI=1S/C19H30O16/c1-2-3-32-19(17(30)31)15(27)14(11(26)13(35-19)9(24)6-21)34-18(16(28)29)4-7(22)10(25)12(33-18)8(23)5-20/h2,7-15,20-27H,1,3-6H2,(H,28,29)(H,30,31)/t7-,8-,9-,10-,11+,12-,13-,14+,15+,18+,19-/m1/s1. The zero-order valence-electron chi connectivity index (χ0n) is 18.2. The Morgan fingerprint density at radius 3 is 1.97 bits per heavy atom. The highest BCUT2D eigenvalue weighted by Gasteiger charge is 2.65. The monoisotopic (exact) mass is 514 g/mol. The van der Waals surface area contributed by atoms with Crippen molar-refractivity contribution in [2.75, 3.05) is 19.8 Å². The molecule has 16 nitrogen and oxygen atoms in total. The molecule has 2 saturated heterocycles. The molecule has 2 rings (SSSR count). The molecule has 16 heteroatoms. The van der Waals surface area contributed by atoms with Gasteiger partial charge < -0.3 is 70.0 Å². The Morgan fingerprint density at radius 1 is 0.971 bits per heavy atom. The molecule has 202 valence electrons. The van der Waals surface area contributed by atoms with E-state index in [0.717, 1.165) is 6.08 Å². The Hall–Kier alpha value is -1.80. The zero-order chi connectivity index (χ0) is 26.7. The van der Waals surface area contributed by atoms with E-state index in [-0.39, 0.29) is 0 Å². The fourth-order valence-electron chi connectivity index (χ4n) is 3.86. The summed E-state index contributed by atoms with van der Waals surface area (Å²) in [7, 11) is 0. The SMILES string of the molecule is C=CCO[C@@]1(C(=O)O)O[C@H]([C@H](O)CO)[C@H](O)[C@H](O[C@]2(C(=O)O)C[C@@H](O)[C@@H](O)[C@@H]([C@H](O)CO)O2)[C@@H]1O. The molecular formula is C19H30O16. The quantitative estimate of drug-likeness (QED) is 0.115. The molecular weight excluding hydrogens is 484 g/mol. The first-order valence-corrected chi connectivity index (χ1v) is 10.4. The van der Waals surface area contributed by atoms with E-state index >= 15 is 0 Å². The van der Waals surface area contributed by atoms with Crippen LogP contribution < -0.4 is 0 Å². The second kappa shape index (κ2) is 11.5. The lowest BCUT2D eigenvalue weighted by molar-refractivity contribution is -0.397. The molecule has 35 heavy (non-hydrogen) atoms. The molecule has 2 aliphatic rings. The van der Waals surface area contributed by atoms with Gasteiger partial charge in [-0.3, -0.25) is 0 Å². The Morgan fingerprint density at radius 2 is 1.51 bits per heavy atom. The minimum absolute atomic E-state index is 0.551. The summed E-state index contributed by atoms with van der Waals surface area (Å²) in [5.41, 5.74) is 0. The largest absolute Gasteiger partial charge is 0.477 e. The predicted molar refractivity (Wildman–Crippen MR) is 106 cm³/mol. The first-order valence-electron chi connectivity index (χ1n) is 10.4. The molecule has 0 saturated carbocycles. The highest BCUT2D eigenvalue weighted by Crippen LogP contribution is 2.40. The van der Waals surface area contributed by atoms with E-state index in [2.05, 4.69) is 6.58 Å². The molecule has 0 amide bonds. The van der Waals surface area contributed by atoms with Crippen LogP contribution in [0.2, 0.25) is 0 Å². The molecule has 0 aromatic rings. The molecule has 0 aliphatic carbocycles. The van der Waals surface area contributed by atoms with Crippen LogP contribution in [0.5, 0.6) is 0 Å². The van der Waals surface area contributed by atoms with Crippen LogP contribution in [0, 0.1) is 0 Å². The number of carboxylic acid groups (broad SMARTS) is 2. The molecule has 0 spiro atoms. The predicted octanol–water partition coefficient (Wildman–Crippen LogP) is -5.53. The van der Waals surface area contributed by atoms with E-state index < -0.39 is 105 Å². The third-order valence-electron chi connectivity index (χ3n) is 5.72. The zero-order valence-corrected chi connectivity index (χ0v) is 18.2. The van der Waals surface area contributed by atoms with Gasteiger partial charge in [0.05, 0.1) is 25.9 Å². The van der Waals surface area contributed by atoms with Gasteiger partial charge in [0.25, 0.3) is 11.6 Å². The summed E-state index contributed by atoms with van der Waals surface area (Å²) in [6.07, 6.45) is -18.6. The number of aliphatic hydroxyl groups excluding tert-OH is 8. The third kappa shape index (κ3) is 5.48. The number of aliphatic hydroxyl groups is 8. The van der Waals surface area contributed by atoms with Crippen LogP contribution in [0.4, 0.5) is 0 Å². The number of rotatable bonds is 11. The fourth-order valence-corrected chi connectivity index (χ4v) is 3.86. The first-order chi connectivity index (χ1) is 16.3. The number of aliphatic carboxylic acids is 2. The fraction of sp³-hybridized carbons (Fsp3) is 0.789. The maximum atomic E-state index is 12.2. The molecule has 0 aromatic carbocycles. The maximum absolute atomic E-state index is 12.2. The van der Waals surface area contributed by atoms with Gasteiger partial charge in [-0.2, -0.15) is 0 Å². The average molecular weight is 514 g/mol. The first kappa shape index (κ1) is 29.4. The summed E-state index contributed by atoms with van der Waals surface area (Å²) < 4.78 is 20.7. The van der Waals surface area contributed by atoms with Crippen LogP contribution in [0.15, 0.2) is 12.7 Å². The van der Waals surface area contributed by atoms with Crippen LogP contribution >= 0.6 is 0 Å². The summed E-state index contributed by atoms with van der Waals surface area (Å²) >= 11 is 0. The van der Waals surface area contributed by atoms with Gasteiger partial charge in [-0.05, 0) is 0 Å². The van der Waals surface area contributed by atoms with Crippen LogP contribution in [0.3, 0.4) is 0 Å². The highest BCUT2D eigenvalue weighted by molar-refractivity contribution is 5.77. The van der Waals surface area contributed by atoms with E-state index in [0.29, 0.717) is 0 Å². The third-order valence-corrected chi connectivity index (χ3v) is 5.72. The van der Waals surface area contributed by atoms with E-state index in [1.165, 1.54) is 0 Å². The summed E-state index contributed by atoms with van der Waals surface area (Å²) in [6.45, 7) is 0.667. The van der Waals surface area contributed by atoms with Crippen molar-refractivity contribution < 1.29 is 79.6 Å². The summed E-state index contributed by atoms with van der Waals surface area (Å²) in [5.74, 6) is -10.1. The van der Waals surface area contributed by atoms with Crippen molar-refractivity contribution >= 4 is 11.9 Å². The van der Waals surface area contributed by atoms with Crippen molar-refractivity contribution in [2.45, 2.75) is 72.9 Å². The molecule has 2 heterocycles. The minimum Gasteiger partial charge on any atom is -0.477 e. The summed E-state index contributed by atoms with van der Waals surface area (Å²) in [5, 5.41) is 99.9. The van der Waals surface area contributed by atoms with Crippen molar-refractivity contribution in [3.63, 3.8) is 0 Å². The Balaban J connectivity index is 2.56. The number of ether oxygens (including phenoxy) is 4. The smallest absolute Gasteiger partial charge is 0.367 e. The van der Waals surface area contributed by atoms with E-state index in [1.54, 1.807) is 0 Å². The molecule has 0 unspecified atom stereocenters. The lowest BCUT2D eigenvalue weighted by Gasteiger charge is -2.51. The van der Waals surface area contributed by atoms with Gasteiger partial charge >= 0.3 is 11.9 Å². The topological polar surface area (TPSA) is 273 Å². The van der Waals surface area contributed by atoms with Gasteiger partial charge in [0.2, 0.25) is 0 Å². The molecule has 0 bridgehead atoms.